The number of carbonyl (C=O) groups excluding carboxylic acids is 1. The molecule has 1 fully saturated rings. The summed E-state index contributed by atoms with van der Waals surface area (Å²) in [5.41, 5.74) is 2.59. The second kappa shape index (κ2) is 7.60. The molecule has 1 atom stereocenters. The minimum Gasteiger partial charge on any atom is -0.505 e. The first kappa shape index (κ1) is 18.0. The van der Waals surface area contributed by atoms with Gasteiger partial charge in [0.05, 0.1) is 15.0 Å². The van der Waals surface area contributed by atoms with Gasteiger partial charge >= 0.3 is 0 Å². The molecule has 3 N–H and O–H groups in total. The molecule has 7 heteroatoms. The van der Waals surface area contributed by atoms with Crippen molar-refractivity contribution >= 4 is 52.6 Å². The van der Waals surface area contributed by atoms with Crippen molar-refractivity contribution in [1.82, 2.24) is 5.32 Å². The number of nitrogens with one attached hydrogen (secondary N) is 2. The Morgan fingerprint density at radius 1 is 1.24 bits per heavy atom. The molecule has 3 rings (SSSR count). The van der Waals surface area contributed by atoms with Crippen molar-refractivity contribution in [3.05, 3.63) is 62.5 Å². The van der Waals surface area contributed by atoms with Gasteiger partial charge < -0.3 is 15.7 Å². The van der Waals surface area contributed by atoms with E-state index in [0.29, 0.717) is 10.5 Å². The molecule has 1 amide bonds. The normalized spacial score (nSPS) is 18.4. The number of carbonyl (C=O) groups is 1. The van der Waals surface area contributed by atoms with Crippen molar-refractivity contribution in [1.29, 1.82) is 0 Å². The molecule has 2 aromatic rings. The first-order valence-corrected chi connectivity index (χ1v) is 9.32. The van der Waals surface area contributed by atoms with Crippen LogP contribution < -0.4 is 10.6 Å². The van der Waals surface area contributed by atoms with E-state index in [1.54, 1.807) is 18.2 Å². The summed E-state index contributed by atoms with van der Waals surface area (Å²) in [7, 11) is 0. The fourth-order valence-corrected chi connectivity index (χ4v) is 3.86. The van der Waals surface area contributed by atoms with Crippen LogP contribution in [0.2, 0.25) is 10.0 Å². The first-order chi connectivity index (χ1) is 12.0. The van der Waals surface area contributed by atoms with Gasteiger partial charge in [0.15, 0.2) is 11.2 Å². The Labute approximate surface area is 160 Å². The Balaban J connectivity index is 1.73. The van der Waals surface area contributed by atoms with E-state index in [1.807, 2.05) is 12.1 Å². The Kier molecular flexibility index (Phi) is 5.47. The second-order valence-electron chi connectivity index (χ2n) is 5.51. The van der Waals surface area contributed by atoms with Gasteiger partial charge in [0.25, 0.3) is 5.91 Å². The number of amides is 1. The summed E-state index contributed by atoms with van der Waals surface area (Å²) < 4.78 is 0. The van der Waals surface area contributed by atoms with E-state index in [0.717, 1.165) is 12.1 Å². The predicted molar refractivity (Wildman–Crippen MR) is 105 cm³/mol. The summed E-state index contributed by atoms with van der Waals surface area (Å²) in [6, 6.07) is 11.2. The number of aryl methyl sites for hydroxylation is 1. The third-order valence-corrected chi connectivity index (χ3v) is 5.33. The minimum absolute atomic E-state index is 0.147. The largest absolute Gasteiger partial charge is 0.505 e. The average molecular weight is 395 g/mol. The van der Waals surface area contributed by atoms with Gasteiger partial charge in [0.1, 0.15) is 0 Å². The lowest BCUT2D eigenvalue weighted by Crippen LogP contribution is -2.30. The molecular formula is C18H16Cl2N2O2S. The molecule has 0 aromatic heterocycles. The summed E-state index contributed by atoms with van der Waals surface area (Å²) in [5, 5.41) is 16.0. The van der Waals surface area contributed by atoms with E-state index in [9.17, 15) is 9.90 Å². The highest BCUT2D eigenvalue weighted by Gasteiger charge is 2.27. The lowest BCUT2D eigenvalue weighted by atomic mass is 10.1. The van der Waals surface area contributed by atoms with Crippen molar-refractivity contribution in [2.45, 2.75) is 18.8 Å². The number of hydrogen-bond acceptors (Lipinski definition) is 4. The number of phenols is 1. The van der Waals surface area contributed by atoms with Crippen LogP contribution in [-0.2, 0) is 11.2 Å². The molecule has 25 heavy (non-hydrogen) atoms. The van der Waals surface area contributed by atoms with Crippen LogP contribution in [0.3, 0.4) is 0 Å². The molecule has 0 radical (unpaired) electrons. The Morgan fingerprint density at radius 3 is 2.48 bits per heavy atom. The first-order valence-electron chi connectivity index (χ1n) is 7.69. The molecule has 4 nitrogen and oxygen atoms in total. The van der Waals surface area contributed by atoms with E-state index in [-0.39, 0.29) is 27.2 Å². The minimum atomic E-state index is -0.255. The number of anilines is 1. The molecule has 0 spiro atoms. The van der Waals surface area contributed by atoms with Gasteiger partial charge in [0, 0.05) is 5.69 Å². The molecule has 1 heterocycles. The van der Waals surface area contributed by atoms with Crippen LogP contribution in [0, 0.1) is 0 Å². The molecular weight excluding hydrogens is 379 g/mol. The highest BCUT2D eigenvalue weighted by atomic mass is 35.5. The van der Waals surface area contributed by atoms with Crippen LogP contribution in [0.1, 0.15) is 18.1 Å². The molecule has 1 aliphatic rings. The number of halogens is 2. The van der Waals surface area contributed by atoms with Crippen LogP contribution in [-0.4, -0.2) is 16.5 Å². The third kappa shape index (κ3) is 4.24. The number of rotatable bonds is 4. The topological polar surface area (TPSA) is 61.4 Å². The summed E-state index contributed by atoms with van der Waals surface area (Å²) in [6.07, 6.45) is 2.68. The van der Waals surface area contributed by atoms with Gasteiger partial charge in [-0.3, -0.25) is 4.79 Å². The lowest BCUT2D eigenvalue weighted by molar-refractivity contribution is -0.116. The number of hydrogen-bond donors (Lipinski definition) is 3. The van der Waals surface area contributed by atoms with Gasteiger partial charge in [0.2, 0.25) is 0 Å². The van der Waals surface area contributed by atoms with Crippen molar-refractivity contribution in [2.24, 2.45) is 0 Å². The molecule has 0 aliphatic carbocycles. The maximum Gasteiger partial charge on any atom is 0.260 e. The Bertz CT molecular complexity index is 814. The molecule has 1 aliphatic heterocycles. The highest BCUT2D eigenvalue weighted by Crippen LogP contribution is 2.35. The Morgan fingerprint density at radius 2 is 1.88 bits per heavy atom. The highest BCUT2D eigenvalue weighted by molar-refractivity contribution is 8.05. The van der Waals surface area contributed by atoms with E-state index >= 15 is 0 Å². The summed E-state index contributed by atoms with van der Waals surface area (Å²) in [4.78, 5) is 12.7. The fourth-order valence-electron chi connectivity index (χ4n) is 2.37. The molecule has 130 valence electrons. The van der Waals surface area contributed by atoms with Crippen LogP contribution in [0.15, 0.2) is 41.3 Å². The SMILES string of the molecule is CCc1ccc(N[C@@H]2NC(=O)/C(=C/c3cc(Cl)c(O)c(Cl)c3)S2)cc1. The van der Waals surface area contributed by atoms with Gasteiger partial charge in [-0.15, -0.1) is 0 Å². The second-order valence-corrected chi connectivity index (χ2v) is 7.47. The number of phenolic OH excluding ortho intramolecular Hbond substituents is 1. The van der Waals surface area contributed by atoms with Gasteiger partial charge in [-0.25, -0.2) is 0 Å². The Hall–Kier alpha value is -1.82. The monoisotopic (exact) mass is 394 g/mol. The van der Waals surface area contributed by atoms with Crippen LogP contribution in [0.25, 0.3) is 6.08 Å². The van der Waals surface area contributed by atoms with Crippen LogP contribution in [0.4, 0.5) is 5.69 Å². The van der Waals surface area contributed by atoms with Crippen molar-refractivity contribution < 1.29 is 9.90 Å². The quantitative estimate of drug-likeness (QED) is 0.647. The molecule has 1 saturated heterocycles. The molecule has 0 saturated carbocycles. The zero-order valence-electron chi connectivity index (χ0n) is 13.3. The van der Waals surface area contributed by atoms with Crippen LogP contribution >= 0.6 is 35.0 Å². The zero-order valence-corrected chi connectivity index (χ0v) is 15.7. The van der Waals surface area contributed by atoms with Gasteiger partial charge in [-0.05, 0) is 47.9 Å². The smallest absolute Gasteiger partial charge is 0.260 e. The van der Waals surface area contributed by atoms with Crippen molar-refractivity contribution in [2.75, 3.05) is 5.32 Å². The standard InChI is InChI=1S/C18H16Cl2N2O2S/c1-2-10-3-5-12(6-4-10)21-18-22-17(24)15(25-18)9-11-7-13(19)16(23)14(20)8-11/h3-9,18,21,23H,2H2,1H3,(H,22,24)/b15-9-/t18-/m1/s1. The molecule has 2 aromatic carbocycles. The molecule has 0 unspecified atom stereocenters. The van der Waals surface area contributed by atoms with E-state index < -0.39 is 0 Å². The predicted octanol–water partition coefficient (Wildman–Crippen LogP) is 4.86. The van der Waals surface area contributed by atoms with E-state index in [2.05, 4.69) is 29.7 Å². The third-order valence-electron chi connectivity index (χ3n) is 3.73. The average Bonchev–Trinajstić information content (AvgIpc) is 2.92. The van der Waals surface area contributed by atoms with Crippen molar-refractivity contribution in [3.63, 3.8) is 0 Å². The molecule has 0 bridgehead atoms. The van der Waals surface area contributed by atoms with Gasteiger partial charge in [-0.1, -0.05) is 54.0 Å². The maximum absolute atomic E-state index is 12.2. The maximum atomic E-state index is 12.2. The fraction of sp³-hybridized carbons (Fsp3) is 0.167. The summed E-state index contributed by atoms with van der Waals surface area (Å²) in [5.74, 6) is -0.336. The zero-order chi connectivity index (χ0) is 18.0. The summed E-state index contributed by atoms with van der Waals surface area (Å²) in [6.45, 7) is 2.11. The van der Waals surface area contributed by atoms with Gasteiger partial charge in [-0.2, -0.15) is 0 Å². The van der Waals surface area contributed by atoms with Crippen molar-refractivity contribution in [3.8, 4) is 5.75 Å². The lowest BCUT2D eigenvalue weighted by Gasteiger charge is -2.12. The van der Waals surface area contributed by atoms with E-state index in [1.165, 1.54) is 17.3 Å². The van der Waals surface area contributed by atoms with E-state index in [4.69, 9.17) is 23.2 Å². The number of benzene rings is 2. The summed E-state index contributed by atoms with van der Waals surface area (Å²) >= 11 is 13.2. The number of aromatic hydroxyl groups is 1. The number of thioether (sulfide) groups is 1. The van der Waals surface area contributed by atoms with Crippen LogP contribution in [0.5, 0.6) is 5.75 Å².